The summed E-state index contributed by atoms with van der Waals surface area (Å²) >= 11 is 11.4. The number of nitrogens with zero attached hydrogens (tertiary/aromatic N) is 1. The number of carbonyl (C=O) groups excluding carboxylic acids is 1. The number of likely N-dealkylation sites (tertiary alicyclic amines) is 1. The molecule has 1 aromatic rings. The average molecular weight is 370 g/mol. The van der Waals surface area contributed by atoms with Crippen molar-refractivity contribution < 1.29 is 9.53 Å². The third-order valence-electron chi connectivity index (χ3n) is 4.02. The zero-order chi connectivity index (χ0) is 17.4. The van der Waals surface area contributed by atoms with Crippen LogP contribution >= 0.6 is 23.8 Å². The van der Waals surface area contributed by atoms with Crippen LogP contribution in [-0.4, -0.2) is 49.3 Å². The number of piperidine rings is 1. The van der Waals surface area contributed by atoms with E-state index in [4.69, 9.17) is 28.6 Å². The van der Waals surface area contributed by atoms with Gasteiger partial charge in [0.05, 0.1) is 23.4 Å². The number of nitrogens with one attached hydrogen (secondary N) is 2. The number of anilines is 1. The molecule has 0 aliphatic carbocycles. The number of ether oxygens (including phenoxy) is 1. The van der Waals surface area contributed by atoms with Crippen molar-refractivity contribution in [3.05, 3.63) is 28.8 Å². The number of halogens is 1. The van der Waals surface area contributed by atoms with Crippen molar-refractivity contribution >= 4 is 40.6 Å². The summed E-state index contributed by atoms with van der Waals surface area (Å²) in [5.74, 6) is -0.407. The van der Waals surface area contributed by atoms with Gasteiger partial charge in [0, 0.05) is 6.54 Å². The fourth-order valence-corrected chi connectivity index (χ4v) is 3.10. The van der Waals surface area contributed by atoms with Crippen LogP contribution in [-0.2, 0) is 4.74 Å². The fraction of sp³-hybridized carbons (Fsp3) is 0.529. The van der Waals surface area contributed by atoms with Crippen LogP contribution in [0.15, 0.2) is 18.2 Å². The lowest BCUT2D eigenvalue weighted by Crippen LogP contribution is -2.34. The molecule has 2 rings (SSSR count). The minimum atomic E-state index is -0.407. The Morgan fingerprint density at radius 1 is 1.33 bits per heavy atom. The Hall–Kier alpha value is -1.37. The van der Waals surface area contributed by atoms with E-state index in [-0.39, 0.29) is 0 Å². The second kappa shape index (κ2) is 9.81. The Labute approximate surface area is 153 Å². The van der Waals surface area contributed by atoms with E-state index >= 15 is 0 Å². The molecule has 2 N–H and O–H groups in total. The monoisotopic (exact) mass is 369 g/mol. The lowest BCUT2D eigenvalue weighted by atomic mass is 10.1. The van der Waals surface area contributed by atoms with Crippen LogP contribution in [0.3, 0.4) is 0 Å². The van der Waals surface area contributed by atoms with Crippen LogP contribution < -0.4 is 10.6 Å². The van der Waals surface area contributed by atoms with Crippen LogP contribution in [0, 0.1) is 0 Å². The number of methoxy groups -OCH3 is 1. The van der Waals surface area contributed by atoms with Crippen molar-refractivity contribution in [2.24, 2.45) is 0 Å². The minimum absolute atomic E-state index is 0.407. The maximum Gasteiger partial charge on any atom is 0.337 e. The van der Waals surface area contributed by atoms with Gasteiger partial charge in [-0.05, 0) is 69.3 Å². The van der Waals surface area contributed by atoms with Crippen molar-refractivity contribution in [1.82, 2.24) is 10.2 Å². The third-order valence-corrected chi connectivity index (χ3v) is 4.60. The molecule has 1 aromatic carbocycles. The normalized spacial score (nSPS) is 14.9. The maximum absolute atomic E-state index is 11.6. The molecule has 1 aliphatic heterocycles. The summed E-state index contributed by atoms with van der Waals surface area (Å²) in [7, 11) is 1.35. The van der Waals surface area contributed by atoms with Gasteiger partial charge < -0.3 is 20.3 Å². The van der Waals surface area contributed by atoms with E-state index in [0.29, 0.717) is 21.4 Å². The van der Waals surface area contributed by atoms with Gasteiger partial charge in [0.25, 0.3) is 0 Å². The highest BCUT2D eigenvalue weighted by Crippen LogP contribution is 2.23. The van der Waals surface area contributed by atoms with Gasteiger partial charge >= 0.3 is 5.97 Å². The topological polar surface area (TPSA) is 53.6 Å². The van der Waals surface area contributed by atoms with Gasteiger partial charge in [-0.15, -0.1) is 0 Å². The second-order valence-electron chi connectivity index (χ2n) is 5.82. The molecule has 1 aliphatic rings. The van der Waals surface area contributed by atoms with E-state index in [1.807, 2.05) is 0 Å². The summed E-state index contributed by atoms with van der Waals surface area (Å²) in [6.45, 7) is 4.31. The molecule has 1 fully saturated rings. The predicted octanol–water partition coefficient (Wildman–Crippen LogP) is 3.29. The molecule has 24 heavy (non-hydrogen) atoms. The molecular weight excluding hydrogens is 346 g/mol. The summed E-state index contributed by atoms with van der Waals surface area (Å²) in [4.78, 5) is 14.1. The molecule has 0 saturated carbocycles. The summed E-state index contributed by atoms with van der Waals surface area (Å²) in [5.41, 5.74) is 1.02. The largest absolute Gasteiger partial charge is 0.465 e. The van der Waals surface area contributed by atoms with Crippen molar-refractivity contribution in [2.75, 3.05) is 38.6 Å². The first-order chi connectivity index (χ1) is 11.6. The molecular formula is C17H24ClN3O2S. The molecule has 0 radical (unpaired) electrons. The smallest absolute Gasteiger partial charge is 0.337 e. The van der Waals surface area contributed by atoms with Crippen LogP contribution in [0.4, 0.5) is 5.69 Å². The summed E-state index contributed by atoms with van der Waals surface area (Å²) < 4.78 is 4.71. The quantitative estimate of drug-likeness (QED) is 0.456. The lowest BCUT2D eigenvalue weighted by Gasteiger charge is -2.26. The molecule has 0 amide bonds. The number of hydrogen-bond donors (Lipinski definition) is 2. The molecule has 1 saturated heterocycles. The molecule has 0 atom stereocenters. The molecule has 0 bridgehead atoms. The highest BCUT2D eigenvalue weighted by Gasteiger charge is 2.11. The van der Waals surface area contributed by atoms with E-state index in [0.717, 1.165) is 19.5 Å². The van der Waals surface area contributed by atoms with Crippen molar-refractivity contribution in [1.29, 1.82) is 0 Å². The average Bonchev–Trinajstić information content (AvgIpc) is 2.61. The van der Waals surface area contributed by atoms with Crippen molar-refractivity contribution in [2.45, 2.75) is 25.7 Å². The van der Waals surface area contributed by atoms with Crippen LogP contribution in [0.2, 0.25) is 5.02 Å². The summed E-state index contributed by atoms with van der Waals surface area (Å²) in [5, 5.41) is 7.21. The summed E-state index contributed by atoms with van der Waals surface area (Å²) in [6, 6.07) is 4.90. The van der Waals surface area contributed by atoms with E-state index < -0.39 is 5.97 Å². The number of hydrogen-bond acceptors (Lipinski definition) is 4. The first-order valence-electron chi connectivity index (χ1n) is 8.25. The maximum atomic E-state index is 11.6. The van der Waals surface area contributed by atoms with Gasteiger partial charge in [-0.3, -0.25) is 0 Å². The number of thiocarbonyl (C=S) groups is 1. The highest BCUT2D eigenvalue weighted by molar-refractivity contribution is 7.80. The Morgan fingerprint density at radius 3 is 2.79 bits per heavy atom. The van der Waals surface area contributed by atoms with Gasteiger partial charge in [-0.25, -0.2) is 4.79 Å². The van der Waals surface area contributed by atoms with Gasteiger partial charge in [0.2, 0.25) is 0 Å². The second-order valence-corrected chi connectivity index (χ2v) is 6.64. The first kappa shape index (κ1) is 19.0. The zero-order valence-electron chi connectivity index (χ0n) is 13.9. The van der Waals surface area contributed by atoms with Crippen molar-refractivity contribution in [3.8, 4) is 0 Å². The van der Waals surface area contributed by atoms with Gasteiger partial charge in [-0.1, -0.05) is 18.0 Å². The van der Waals surface area contributed by atoms with Gasteiger partial charge in [0.15, 0.2) is 5.11 Å². The van der Waals surface area contributed by atoms with E-state index in [9.17, 15) is 4.79 Å². The molecule has 5 nitrogen and oxygen atoms in total. The molecule has 0 spiro atoms. The third kappa shape index (κ3) is 5.92. The first-order valence-corrected chi connectivity index (χ1v) is 9.04. The van der Waals surface area contributed by atoms with Crippen LogP contribution in [0.25, 0.3) is 0 Å². The van der Waals surface area contributed by atoms with Gasteiger partial charge in [0.1, 0.15) is 0 Å². The minimum Gasteiger partial charge on any atom is -0.465 e. The standard InChI is InChI=1S/C17H24ClN3O2S/c1-23-16(22)13-6-7-14(18)15(12-13)20-17(24)19-8-5-11-21-9-3-2-4-10-21/h6-7,12H,2-5,8-11H2,1H3,(H2,19,20,24). The zero-order valence-corrected chi connectivity index (χ0v) is 15.5. The fourth-order valence-electron chi connectivity index (χ4n) is 2.72. The van der Waals surface area contributed by atoms with E-state index in [2.05, 4.69) is 15.5 Å². The molecule has 132 valence electrons. The van der Waals surface area contributed by atoms with Crippen molar-refractivity contribution in [3.63, 3.8) is 0 Å². The molecule has 0 unspecified atom stereocenters. The predicted molar refractivity (Wildman–Crippen MR) is 102 cm³/mol. The number of esters is 1. The molecule has 7 heteroatoms. The van der Waals surface area contributed by atoms with Crippen LogP contribution in [0.1, 0.15) is 36.0 Å². The Balaban J connectivity index is 1.76. The van der Waals surface area contributed by atoms with E-state index in [1.165, 1.54) is 39.5 Å². The molecule has 0 aromatic heterocycles. The summed E-state index contributed by atoms with van der Waals surface area (Å²) in [6.07, 6.45) is 5.01. The Bertz CT molecular complexity index is 577. The molecule has 1 heterocycles. The number of benzene rings is 1. The van der Waals surface area contributed by atoms with Gasteiger partial charge in [-0.2, -0.15) is 0 Å². The van der Waals surface area contributed by atoms with Crippen LogP contribution in [0.5, 0.6) is 0 Å². The highest BCUT2D eigenvalue weighted by atomic mass is 35.5. The Kier molecular flexibility index (Phi) is 7.75. The number of rotatable bonds is 6. The SMILES string of the molecule is COC(=O)c1ccc(Cl)c(NC(=S)NCCCN2CCCCC2)c1. The Morgan fingerprint density at radius 2 is 2.08 bits per heavy atom. The lowest BCUT2D eigenvalue weighted by molar-refractivity contribution is 0.0601. The number of carbonyl (C=O) groups is 1. The van der Waals surface area contributed by atoms with E-state index in [1.54, 1.807) is 18.2 Å².